The molecule has 0 saturated heterocycles. The lowest BCUT2D eigenvalue weighted by atomic mass is 10.1. The number of ketones is 1. The summed E-state index contributed by atoms with van der Waals surface area (Å²) < 4.78 is 32.7. The van der Waals surface area contributed by atoms with E-state index in [0.717, 1.165) is 22.2 Å². The first-order valence-electron chi connectivity index (χ1n) is 10.9. The number of benzene rings is 2. The molecule has 1 unspecified atom stereocenters. The van der Waals surface area contributed by atoms with Crippen molar-refractivity contribution in [3.8, 4) is 5.75 Å². The zero-order valence-corrected chi connectivity index (χ0v) is 19.8. The molecule has 0 amide bonds. The third kappa shape index (κ3) is 5.28. The van der Waals surface area contributed by atoms with E-state index in [1.54, 1.807) is 18.2 Å². The van der Waals surface area contributed by atoms with Crippen LogP contribution in [0, 0.1) is 6.92 Å². The number of aryl methyl sites for hydroxylation is 1. The molecule has 4 rings (SSSR count). The van der Waals surface area contributed by atoms with E-state index in [0.29, 0.717) is 12.4 Å². The number of para-hydroxylation sites is 1. The van der Waals surface area contributed by atoms with Crippen LogP contribution in [0.4, 0.5) is 0 Å². The smallest absolute Gasteiger partial charge is 0.188 e. The predicted molar refractivity (Wildman–Crippen MR) is 129 cm³/mol. The van der Waals surface area contributed by atoms with Gasteiger partial charge in [-0.25, -0.2) is 18.4 Å². The van der Waals surface area contributed by atoms with E-state index < -0.39 is 15.1 Å². The first-order chi connectivity index (χ1) is 16.3. The molecule has 34 heavy (non-hydrogen) atoms. The van der Waals surface area contributed by atoms with Crippen LogP contribution in [0.25, 0.3) is 10.9 Å². The quantitative estimate of drug-likeness (QED) is 0.343. The molecular weight excluding hydrogens is 450 g/mol. The third-order valence-corrected chi connectivity index (χ3v) is 7.61. The molecule has 2 aromatic carbocycles. The van der Waals surface area contributed by atoms with E-state index in [-0.39, 0.29) is 29.3 Å². The van der Waals surface area contributed by atoms with Crippen molar-refractivity contribution in [2.24, 2.45) is 0 Å². The molecule has 0 aliphatic heterocycles. The largest absolute Gasteiger partial charge is 0.489 e. The number of rotatable bonds is 9. The number of sulfone groups is 1. The third-order valence-electron chi connectivity index (χ3n) is 5.48. The molecule has 2 heterocycles. The lowest BCUT2D eigenvalue weighted by Crippen LogP contribution is -2.17. The van der Waals surface area contributed by atoms with Gasteiger partial charge in [0, 0.05) is 35.5 Å². The number of hydrogen-bond acceptors (Lipinski definition) is 7. The minimum Gasteiger partial charge on any atom is -0.489 e. The summed E-state index contributed by atoms with van der Waals surface area (Å²) in [6.45, 7) is 3.71. The Balaban J connectivity index is 1.55. The zero-order chi connectivity index (χ0) is 24.1. The fourth-order valence-electron chi connectivity index (χ4n) is 3.80. The SMILES string of the molecule is CC(=O)CCC(c1ncccn1)S(=O)(=O)c1ccc(OCc2cc(C)nc3ccccc23)cc1. The number of nitrogens with zero attached hydrogens (tertiary/aromatic N) is 3. The summed E-state index contributed by atoms with van der Waals surface area (Å²) in [7, 11) is -3.81. The molecule has 4 aromatic rings. The molecule has 2 aromatic heterocycles. The molecule has 0 aliphatic rings. The van der Waals surface area contributed by atoms with Crippen molar-refractivity contribution < 1.29 is 17.9 Å². The summed E-state index contributed by atoms with van der Waals surface area (Å²) in [5, 5.41) is 0.0130. The maximum Gasteiger partial charge on any atom is 0.188 e. The van der Waals surface area contributed by atoms with E-state index in [1.807, 2.05) is 37.3 Å². The molecule has 1 atom stereocenters. The molecule has 0 spiro atoms. The average molecular weight is 476 g/mol. The highest BCUT2D eigenvalue weighted by Gasteiger charge is 2.31. The van der Waals surface area contributed by atoms with Crippen molar-refractivity contribution >= 4 is 26.5 Å². The minimum absolute atomic E-state index is 0.0845. The molecule has 0 radical (unpaired) electrons. The number of pyridine rings is 1. The normalized spacial score (nSPS) is 12.4. The Morgan fingerprint density at radius 3 is 2.41 bits per heavy atom. The van der Waals surface area contributed by atoms with Gasteiger partial charge in [-0.2, -0.15) is 0 Å². The van der Waals surface area contributed by atoms with Gasteiger partial charge in [-0.15, -0.1) is 0 Å². The molecular formula is C26H25N3O4S. The highest BCUT2D eigenvalue weighted by Crippen LogP contribution is 2.32. The second-order valence-corrected chi connectivity index (χ2v) is 10.2. The number of aromatic nitrogens is 3. The van der Waals surface area contributed by atoms with E-state index >= 15 is 0 Å². The van der Waals surface area contributed by atoms with Gasteiger partial charge in [-0.05, 0) is 62.7 Å². The van der Waals surface area contributed by atoms with Crippen LogP contribution >= 0.6 is 0 Å². The molecule has 7 nitrogen and oxygen atoms in total. The molecule has 0 aliphatic carbocycles. The maximum absolute atomic E-state index is 13.4. The van der Waals surface area contributed by atoms with Crippen LogP contribution < -0.4 is 4.74 Å². The molecule has 0 saturated carbocycles. The second-order valence-electron chi connectivity index (χ2n) is 8.08. The topological polar surface area (TPSA) is 99.1 Å². The molecule has 0 bridgehead atoms. The van der Waals surface area contributed by atoms with E-state index in [1.165, 1.54) is 31.5 Å². The van der Waals surface area contributed by atoms with E-state index in [2.05, 4.69) is 15.0 Å². The number of hydrogen-bond donors (Lipinski definition) is 0. The highest BCUT2D eigenvalue weighted by atomic mass is 32.2. The number of ether oxygens (including phenoxy) is 1. The Morgan fingerprint density at radius 1 is 1.00 bits per heavy atom. The van der Waals surface area contributed by atoms with Crippen molar-refractivity contribution in [2.75, 3.05) is 0 Å². The first kappa shape index (κ1) is 23.5. The van der Waals surface area contributed by atoms with Gasteiger partial charge in [0.2, 0.25) is 0 Å². The van der Waals surface area contributed by atoms with Crippen LogP contribution in [0.5, 0.6) is 5.75 Å². The van der Waals surface area contributed by atoms with Crippen molar-refractivity contribution in [1.82, 2.24) is 15.0 Å². The Hall–Kier alpha value is -3.65. The Kier molecular flexibility index (Phi) is 6.98. The monoisotopic (exact) mass is 475 g/mol. The van der Waals surface area contributed by atoms with Crippen molar-refractivity contribution in [3.63, 3.8) is 0 Å². The lowest BCUT2D eigenvalue weighted by molar-refractivity contribution is -0.117. The van der Waals surface area contributed by atoms with Crippen molar-refractivity contribution in [2.45, 2.75) is 43.4 Å². The van der Waals surface area contributed by atoms with Gasteiger partial charge < -0.3 is 9.53 Å². The number of fused-ring (bicyclic) bond motifs is 1. The number of carbonyl (C=O) groups is 1. The van der Waals surface area contributed by atoms with Crippen molar-refractivity contribution in [1.29, 1.82) is 0 Å². The Morgan fingerprint density at radius 2 is 1.71 bits per heavy atom. The van der Waals surface area contributed by atoms with Crippen LogP contribution in [0.15, 0.2) is 78.0 Å². The van der Waals surface area contributed by atoms with Gasteiger partial charge in [0.1, 0.15) is 29.2 Å². The summed E-state index contributed by atoms with van der Waals surface area (Å²) in [4.78, 5) is 24.5. The summed E-state index contributed by atoms with van der Waals surface area (Å²) in [6, 6.07) is 17.8. The summed E-state index contributed by atoms with van der Waals surface area (Å²) in [5.74, 6) is 0.650. The van der Waals surface area contributed by atoms with Gasteiger partial charge >= 0.3 is 0 Å². The van der Waals surface area contributed by atoms with E-state index in [9.17, 15) is 13.2 Å². The first-order valence-corrected chi connectivity index (χ1v) is 12.5. The lowest BCUT2D eigenvalue weighted by Gasteiger charge is -2.16. The van der Waals surface area contributed by atoms with Gasteiger partial charge in [0.05, 0.1) is 10.4 Å². The van der Waals surface area contributed by atoms with Crippen LogP contribution in [0.2, 0.25) is 0 Å². The van der Waals surface area contributed by atoms with Crippen LogP contribution in [-0.4, -0.2) is 29.2 Å². The maximum atomic E-state index is 13.4. The fraction of sp³-hybridized carbons (Fsp3) is 0.231. The minimum atomic E-state index is -3.81. The van der Waals surface area contributed by atoms with Gasteiger partial charge in [0.25, 0.3) is 0 Å². The zero-order valence-electron chi connectivity index (χ0n) is 19.0. The molecule has 0 N–H and O–H groups in total. The Labute approximate surface area is 198 Å². The fourth-order valence-corrected chi connectivity index (χ4v) is 5.47. The van der Waals surface area contributed by atoms with Gasteiger partial charge in [0.15, 0.2) is 9.84 Å². The summed E-state index contributed by atoms with van der Waals surface area (Å²) in [6.07, 6.45) is 3.25. The highest BCUT2D eigenvalue weighted by molar-refractivity contribution is 7.91. The average Bonchev–Trinajstić information content (AvgIpc) is 2.83. The number of Topliss-reactive ketones (excluding diaryl/α,β-unsaturated/α-hetero) is 1. The standard InChI is InChI=1S/C26H25N3O4S/c1-18-16-20(23-6-3-4-7-24(23)29-18)17-33-21-9-11-22(12-10-21)34(31,32)25(13-8-19(2)30)26-27-14-5-15-28-26/h3-7,9-12,14-16,25H,8,13,17H2,1-2H3. The molecule has 0 fully saturated rings. The van der Waals surface area contributed by atoms with Crippen LogP contribution in [0.3, 0.4) is 0 Å². The predicted octanol–water partition coefficient (Wildman–Crippen LogP) is 4.80. The number of carbonyl (C=O) groups excluding carboxylic acids is 1. The van der Waals surface area contributed by atoms with Crippen LogP contribution in [0.1, 0.15) is 42.1 Å². The van der Waals surface area contributed by atoms with E-state index in [4.69, 9.17) is 4.74 Å². The summed E-state index contributed by atoms with van der Waals surface area (Å²) in [5.41, 5.74) is 2.81. The van der Waals surface area contributed by atoms with Crippen LogP contribution in [-0.2, 0) is 21.2 Å². The summed E-state index contributed by atoms with van der Waals surface area (Å²) >= 11 is 0. The molecule has 8 heteroatoms. The Bertz CT molecular complexity index is 1410. The van der Waals surface area contributed by atoms with Gasteiger partial charge in [-0.3, -0.25) is 4.98 Å². The second kappa shape index (κ2) is 10.1. The molecule has 174 valence electrons. The van der Waals surface area contributed by atoms with Crippen molar-refractivity contribution in [3.05, 3.63) is 90.1 Å². The van der Waals surface area contributed by atoms with Gasteiger partial charge in [-0.1, -0.05) is 18.2 Å².